The van der Waals surface area contributed by atoms with Gasteiger partial charge in [0, 0.05) is 37.9 Å². The summed E-state index contributed by atoms with van der Waals surface area (Å²) < 4.78 is 5.30. The lowest BCUT2D eigenvalue weighted by Crippen LogP contribution is -2.32. The molecule has 1 aliphatic carbocycles. The molecule has 2 amide bonds. The molecule has 5 heteroatoms. The molecule has 1 heterocycles. The Kier molecular flexibility index (Phi) is 4.84. The van der Waals surface area contributed by atoms with Crippen molar-refractivity contribution in [2.75, 3.05) is 20.2 Å². The Labute approximate surface area is 137 Å². The lowest BCUT2D eigenvalue weighted by molar-refractivity contribution is -0.128. The monoisotopic (exact) mass is 316 g/mol. The lowest BCUT2D eigenvalue weighted by atomic mass is 10.1. The van der Waals surface area contributed by atoms with E-state index in [0.29, 0.717) is 31.8 Å². The Morgan fingerprint density at radius 3 is 2.87 bits per heavy atom. The molecule has 5 nitrogen and oxygen atoms in total. The van der Waals surface area contributed by atoms with E-state index in [0.717, 1.165) is 30.7 Å². The number of para-hydroxylation sites is 1. The van der Waals surface area contributed by atoms with Crippen LogP contribution in [-0.4, -0.2) is 43.0 Å². The third-order valence-electron chi connectivity index (χ3n) is 4.63. The molecule has 0 radical (unpaired) electrons. The smallest absolute Gasteiger partial charge is 0.223 e. The first-order valence-corrected chi connectivity index (χ1v) is 8.35. The Hall–Kier alpha value is -2.04. The van der Waals surface area contributed by atoms with Crippen LogP contribution in [0.2, 0.25) is 0 Å². The van der Waals surface area contributed by atoms with Crippen molar-refractivity contribution in [3.8, 4) is 5.75 Å². The number of methoxy groups -OCH3 is 1. The van der Waals surface area contributed by atoms with Gasteiger partial charge in [0.05, 0.1) is 7.11 Å². The zero-order chi connectivity index (χ0) is 16.2. The van der Waals surface area contributed by atoms with E-state index in [2.05, 4.69) is 5.32 Å². The van der Waals surface area contributed by atoms with Crippen LogP contribution < -0.4 is 10.1 Å². The van der Waals surface area contributed by atoms with Crippen molar-refractivity contribution >= 4 is 11.8 Å². The molecule has 2 aliphatic rings. The highest BCUT2D eigenvalue weighted by Crippen LogP contribution is 2.32. The van der Waals surface area contributed by atoms with Crippen LogP contribution in [0.15, 0.2) is 24.3 Å². The van der Waals surface area contributed by atoms with Crippen LogP contribution in [0.4, 0.5) is 0 Å². The zero-order valence-electron chi connectivity index (χ0n) is 13.6. The highest BCUT2D eigenvalue weighted by Gasteiger charge is 2.39. The average Bonchev–Trinajstić information content (AvgIpc) is 3.34. The summed E-state index contributed by atoms with van der Waals surface area (Å²) in [6.07, 6.45) is 3.96. The fraction of sp³-hybridized carbons (Fsp3) is 0.556. The number of carbonyl (C=O) groups excluding carboxylic acids is 2. The van der Waals surface area contributed by atoms with Crippen molar-refractivity contribution in [3.63, 3.8) is 0 Å². The molecule has 2 fully saturated rings. The van der Waals surface area contributed by atoms with Gasteiger partial charge in [-0.1, -0.05) is 18.2 Å². The van der Waals surface area contributed by atoms with Crippen LogP contribution in [-0.2, 0) is 16.0 Å². The van der Waals surface area contributed by atoms with Crippen LogP contribution in [0.5, 0.6) is 5.75 Å². The molecule has 1 aromatic rings. The first-order chi connectivity index (χ1) is 11.2. The first kappa shape index (κ1) is 15.8. The molecule has 1 aromatic carbocycles. The molecule has 3 rings (SSSR count). The molecule has 0 aromatic heterocycles. The molecule has 1 atom stereocenters. The minimum absolute atomic E-state index is 0.0354. The SMILES string of the molecule is COc1ccccc1CCC(=O)NCC1CC(=O)N(C2CC2)C1. The second-order valence-electron chi connectivity index (χ2n) is 6.46. The van der Waals surface area contributed by atoms with E-state index < -0.39 is 0 Å². The fourth-order valence-electron chi connectivity index (χ4n) is 3.19. The highest BCUT2D eigenvalue weighted by molar-refractivity contribution is 5.80. The van der Waals surface area contributed by atoms with Crippen LogP contribution in [0.25, 0.3) is 0 Å². The largest absolute Gasteiger partial charge is 0.496 e. The molecule has 23 heavy (non-hydrogen) atoms. The maximum absolute atomic E-state index is 12.0. The third kappa shape index (κ3) is 4.03. The molecule has 1 saturated carbocycles. The Morgan fingerprint density at radius 2 is 2.13 bits per heavy atom. The summed E-state index contributed by atoms with van der Waals surface area (Å²) in [5, 5.41) is 2.97. The second-order valence-corrected chi connectivity index (χ2v) is 6.46. The van der Waals surface area contributed by atoms with E-state index in [-0.39, 0.29) is 17.7 Å². The van der Waals surface area contributed by atoms with Gasteiger partial charge in [0.15, 0.2) is 0 Å². The van der Waals surface area contributed by atoms with Crippen LogP contribution in [0.3, 0.4) is 0 Å². The summed E-state index contributed by atoms with van der Waals surface area (Å²) in [5.74, 6) is 1.37. The van der Waals surface area contributed by atoms with Crippen LogP contribution in [0.1, 0.15) is 31.2 Å². The topological polar surface area (TPSA) is 58.6 Å². The number of nitrogens with zero attached hydrogens (tertiary/aromatic N) is 1. The Balaban J connectivity index is 1.41. The number of carbonyl (C=O) groups is 2. The minimum atomic E-state index is 0.0354. The van der Waals surface area contributed by atoms with Crippen molar-refractivity contribution in [1.82, 2.24) is 10.2 Å². The van der Waals surface area contributed by atoms with Gasteiger partial charge < -0.3 is 15.0 Å². The van der Waals surface area contributed by atoms with Gasteiger partial charge in [0.1, 0.15) is 5.75 Å². The number of likely N-dealkylation sites (tertiary alicyclic amines) is 1. The molecular formula is C18H24N2O3. The van der Waals surface area contributed by atoms with Gasteiger partial charge in [-0.2, -0.15) is 0 Å². The standard InChI is InChI=1S/C18H24N2O3/c1-23-16-5-3-2-4-14(16)6-9-17(21)19-11-13-10-18(22)20(12-13)15-7-8-15/h2-5,13,15H,6-12H2,1H3,(H,19,21). The quantitative estimate of drug-likeness (QED) is 0.834. The van der Waals surface area contributed by atoms with Gasteiger partial charge in [-0.25, -0.2) is 0 Å². The van der Waals surface area contributed by atoms with E-state index >= 15 is 0 Å². The minimum Gasteiger partial charge on any atom is -0.496 e. The van der Waals surface area contributed by atoms with Gasteiger partial charge in [0.2, 0.25) is 11.8 Å². The number of amides is 2. The van der Waals surface area contributed by atoms with Crippen molar-refractivity contribution in [2.45, 2.75) is 38.1 Å². The summed E-state index contributed by atoms with van der Waals surface area (Å²) in [6.45, 7) is 1.40. The van der Waals surface area contributed by atoms with Crippen molar-refractivity contribution in [3.05, 3.63) is 29.8 Å². The summed E-state index contributed by atoms with van der Waals surface area (Å²) in [7, 11) is 1.64. The second kappa shape index (κ2) is 7.02. The maximum atomic E-state index is 12.0. The maximum Gasteiger partial charge on any atom is 0.223 e. The Bertz CT molecular complexity index is 583. The van der Waals surface area contributed by atoms with Crippen molar-refractivity contribution < 1.29 is 14.3 Å². The van der Waals surface area contributed by atoms with E-state index in [1.165, 1.54) is 0 Å². The molecule has 1 aliphatic heterocycles. The zero-order valence-corrected chi connectivity index (χ0v) is 13.6. The number of benzene rings is 1. The third-order valence-corrected chi connectivity index (χ3v) is 4.63. The van der Waals surface area contributed by atoms with Crippen molar-refractivity contribution in [2.24, 2.45) is 5.92 Å². The Morgan fingerprint density at radius 1 is 1.35 bits per heavy atom. The molecule has 1 unspecified atom stereocenters. The highest BCUT2D eigenvalue weighted by atomic mass is 16.5. The summed E-state index contributed by atoms with van der Waals surface area (Å²) in [6, 6.07) is 8.24. The molecule has 1 saturated heterocycles. The first-order valence-electron chi connectivity index (χ1n) is 8.35. The summed E-state index contributed by atoms with van der Waals surface area (Å²) in [5.41, 5.74) is 1.04. The molecule has 124 valence electrons. The van der Waals surface area contributed by atoms with Gasteiger partial charge in [0.25, 0.3) is 0 Å². The molecule has 0 spiro atoms. The van der Waals surface area contributed by atoms with Crippen LogP contribution >= 0.6 is 0 Å². The van der Waals surface area contributed by atoms with E-state index in [9.17, 15) is 9.59 Å². The summed E-state index contributed by atoms with van der Waals surface area (Å²) in [4.78, 5) is 25.9. The molecule has 1 N–H and O–H groups in total. The van der Waals surface area contributed by atoms with Gasteiger partial charge >= 0.3 is 0 Å². The van der Waals surface area contributed by atoms with E-state index in [4.69, 9.17) is 4.74 Å². The number of hydrogen-bond acceptors (Lipinski definition) is 3. The fourth-order valence-corrected chi connectivity index (χ4v) is 3.19. The number of hydrogen-bond donors (Lipinski definition) is 1. The van der Waals surface area contributed by atoms with E-state index in [1.807, 2.05) is 29.2 Å². The summed E-state index contributed by atoms with van der Waals surface area (Å²) >= 11 is 0. The predicted octanol–water partition coefficient (Wildman–Crippen LogP) is 1.75. The number of ether oxygens (including phenoxy) is 1. The predicted molar refractivity (Wildman–Crippen MR) is 87.2 cm³/mol. The molecule has 0 bridgehead atoms. The van der Waals surface area contributed by atoms with Gasteiger partial charge in [-0.3, -0.25) is 9.59 Å². The van der Waals surface area contributed by atoms with Crippen molar-refractivity contribution in [1.29, 1.82) is 0 Å². The average molecular weight is 316 g/mol. The van der Waals surface area contributed by atoms with E-state index in [1.54, 1.807) is 7.11 Å². The van der Waals surface area contributed by atoms with Gasteiger partial charge in [-0.05, 0) is 30.9 Å². The lowest BCUT2D eigenvalue weighted by Gasteiger charge is -2.15. The van der Waals surface area contributed by atoms with Crippen LogP contribution in [0, 0.1) is 5.92 Å². The number of rotatable bonds is 7. The van der Waals surface area contributed by atoms with Gasteiger partial charge in [-0.15, -0.1) is 0 Å². The number of nitrogens with one attached hydrogen (secondary N) is 1. The normalized spacial score (nSPS) is 20.7. The number of aryl methyl sites for hydroxylation is 1. The molecular weight excluding hydrogens is 292 g/mol.